The molecule has 0 unspecified atom stereocenters. The van der Waals surface area contributed by atoms with Crippen molar-refractivity contribution in [2.45, 2.75) is 45.1 Å². The minimum Gasteiger partial charge on any atom is -0.311 e. The highest BCUT2D eigenvalue weighted by molar-refractivity contribution is 7.10. The minimum atomic E-state index is 0.0928. The van der Waals surface area contributed by atoms with Crippen LogP contribution in [-0.2, 0) is 23.2 Å². The van der Waals surface area contributed by atoms with Crippen molar-refractivity contribution >= 4 is 22.9 Å². The first-order valence-corrected chi connectivity index (χ1v) is 12.1. The summed E-state index contributed by atoms with van der Waals surface area (Å²) < 4.78 is 0. The summed E-state index contributed by atoms with van der Waals surface area (Å²) in [5.41, 5.74) is 6.63. The van der Waals surface area contributed by atoms with Gasteiger partial charge in [0, 0.05) is 29.1 Å². The normalized spacial score (nSPS) is 17.8. The zero-order valence-electron chi connectivity index (χ0n) is 18.4. The first-order chi connectivity index (χ1) is 15.0. The van der Waals surface area contributed by atoms with Crippen LogP contribution in [0.15, 0.2) is 60.0 Å². The van der Waals surface area contributed by atoms with Crippen LogP contribution >= 0.6 is 11.3 Å². The molecule has 3 aromatic rings. The molecule has 2 aromatic carbocycles. The van der Waals surface area contributed by atoms with E-state index in [1.165, 1.54) is 22.3 Å². The molecule has 1 spiro atoms. The fourth-order valence-electron chi connectivity index (χ4n) is 5.30. The van der Waals surface area contributed by atoms with E-state index in [1.54, 1.807) is 11.3 Å². The van der Waals surface area contributed by atoms with Crippen LogP contribution in [-0.4, -0.2) is 30.4 Å². The zero-order valence-corrected chi connectivity index (χ0v) is 19.3. The number of hydrogen-bond acceptors (Lipinski definition) is 3. The van der Waals surface area contributed by atoms with Crippen LogP contribution in [0.3, 0.4) is 0 Å². The van der Waals surface area contributed by atoms with Crippen LogP contribution < -0.4 is 4.90 Å². The number of carbonyl (C=O) groups excluding carboxylic acids is 1. The van der Waals surface area contributed by atoms with Crippen molar-refractivity contribution in [3.8, 4) is 0 Å². The van der Waals surface area contributed by atoms with E-state index in [1.807, 2.05) is 6.07 Å². The van der Waals surface area contributed by atoms with E-state index in [0.29, 0.717) is 6.42 Å². The van der Waals surface area contributed by atoms with Gasteiger partial charge >= 0.3 is 0 Å². The van der Waals surface area contributed by atoms with E-state index in [0.717, 1.165) is 49.6 Å². The van der Waals surface area contributed by atoms with Gasteiger partial charge in [-0.15, -0.1) is 11.3 Å². The third kappa shape index (κ3) is 4.07. The standard InChI is InChI=1S/C27H30N2OS/c1-20-5-3-6-22(15-20)18-28-12-10-27(11-13-28)19-29(25-9-8-21(2)16-24(25)27)26(30)17-23-7-4-14-31-23/h3-9,14-16H,10-13,17-19H2,1-2H3. The number of rotatable bonds is 4. The van der Waals surface area contributed by atoms with Crippen molar-refractivity contribution in [3.63, 3.8) is 0 Å². The molecule has 0 bridgehead atoms. The van der Waals surface area contributed by atoms with Crippen LogP contribution in [0.25, 0.3) is 0 Å². The van der Waals surface area contributed by atoms with Crippen LogP contribution in [0.2, 0.25) is 0 Å². The topological polar surface area (TPSA) is 23.6 Å². The maximum Gasteiger partial charge on any atom is 0.232 e. The van der Waals surface area contributed by atoms with Gasteiger partial charge in [0.15, 0.2) is 0 Å². The fourth-order valence-corrected chi connectivity index (χ4v) is 5.99. The third-order valence-electron chi connectivity index (χ3n) is 6.98. The summed E-state index contributed by atoms with van der Waals surface area (Å²) >= 11 is 1.67. The second-order valence-electron chi connectivity index (χ2n) is 9.30. The van der Waals surface area contributed by atoms with Crippen molar-refractivity contribution in [1.82, 2.24) is 4.90 Å². The molecule has 31 heavy (non-hydrogen) atoms. The van der Waals surface area contributed by atoms with Gasteiger partial charge in [-0.05, 0) is 68.4 Å². The van der Waals surface area contributed by atoms with E-state index in [2.05, 4.69) is 77.6 Å². The van der Waals surface area contributed by atoms with Crippen LogP contribution in [0.5, 0.6) is 0 Å². The lowest BCUT2D eigenvalue weighted by Crippen LogP contribution is -2.46. The molecule has 0 N–H and O–H groups in total. The molecule has 160 valence electrons. The molecule has 2 aliphatic heterocycles. The van der Waals surface area contributed by atoms with Gasteiger partial charge in [0.05, 0.1) is 6.42 Å². The summed E-state index contributed by atoms with van der Waals surface area (Å²) in [5, 5.41) is 2.05. The Kier molecular flexibility index (Phi) is 5.45. The Morgan fingerprint density at radius 2 is 1.81 bits per heavy atom. The van der Waals surface area contributed by atoms with Gasteiger partial charge in [-0.2, -0.15) is 0 Å². The molecular formula is C27H30N2OS. The molecule has 0 atom stereocenters. The second kappa shape index (κ2) is 8.25. The van der Waals surface area contributed by atoms with E-state index >= 15 is 0 Å². The quantitative estimate of drug-likeness (QED) is 0.547. The molecule has 2 aliphatic rings. The highest BCUT2D eigenvalue weighted by Gasteiger charge is 2.46. The maximum absolute atomic E-state index is 13.2. The minimum absolute atomic E-state index is 0.0928. The van der Waals surface area contributed by atoms with Gasteiger partial charge in [0.1, 0.15) is 0 Å². The summed E-state index contributed by atoms with van der Waals surface area (Å²) in [6, 6.07) is 19.6. The summed E-state index contributed by atoms with van der Waals surface area (Å²) in [4.78, 5) is 19.0. The Morgan fingerprint density at radius 3 is 2.55 bits per heavy atom. The first kappa shape index (κ1) is 20.5. The molecule has 3 heterocycles. The number of amides is 1. The second-order valence-corrected chi connectivity index (χ2v) is 10.3. The van der Waals surface area contributed by atoms with Crippen LogP contribution in [0, 0.1) is 13.8 Å². The van der Waals surface area contributed by atoms with E-state index in [4.69, 9.17) is 0 Å². The zero-order chi connectivity index (χ0) is 21.4. The van der Waals surface area contributed by atoms with Crippen molar-refractivity contribution in [2.75, 3.05) is 24.5 Å². The monoisotopic (exact) mass is 430 g/mol. The predicted octanol–water partition coefficient (Wildman–Crippen LogP) is 5.49. The molecular weight excluding hydrogens is 400 g/mol. The Morgan fingerprint density at radius 1 is 1.00 bits per heavy atom. The summed E-state index contributed by atoms with van der Waals surface area (Å²) in [5.74, 6) is 0.228. The lowest BCUT2D eigenvalue weighted by molar-refractivity contribution is -0.118. The Labute approximate surface area is 189 Å². The number of anilines is 1. The van der Waals surface area contributed by atoms with E-state index < -0.39 is 0 Å². The number of likely N-dealkylation sites (tertiary alicyclic amines) is 1. The molecule has 4 heteroatoms. The van der Waals surface area contributed by atoms with Crippen molar-refractivity contribution in [2.24, 2.45) is 0 Å². The largest absolute Gasteiger partial charge is 0.311 e. The van der Waals surface area contributed by atoms with Crippen LogP contribution in [0.4, 0.5) is 5.69 Å². The molecule has 1 amide bonds. The fraction of sp³-hybridized carbons (Fsp3) is 0.370. The predicted molar refractivity (Wildman–Crippen MR) is 129 cm³/mol. The summed E-state index contributed by atoms with van der Waals surface area (Å²) in [7, 11) is 0. The SMILES string of the molecule is Cc1cccc(CN2CCC3(CC2)CN(C(=O)Cc2cccs2)c2ccc(C)cc23)c1. The molecule has 0 saturated carbocycles. The molecule has 5 rings (SSSR count). The number of carbonyl (C=O) groups is 1. The average molecular weight is 431 g/mol. The number of benzene rings is 2. The molecule has 0 radical (unpaired) electrons. The van der Waals surface area contributed by atoms with Gasteiger partial charge in [-0.1, -0.05) is 53.6 Å². The third-order valence-corrected chi connectivity index (χ3v) is 7.86. The van der Waals surface area contributed by atoms with E-state index in [9.17, 15) is 4.79 Å². The summed E-state index contributed by atoms with van der Waals surface area (Å²) in [6.07, 6.45) is 2.72. The Balaban J connectivity index is 1.35. The average Bonchev–Trinajstić information content (AvgIpc) is 3.37. The molecule has 1 saturated heterocycles. The number of hydrogen-bond donors (Lipinski definition) is 0. The highest BCUT2D eigenvalue weighted by atomic mass is 32.1. The van der Waals surface area contributed by atoms with E-state index in [-0.39, 0.29) is 11.3 Å². The smallest absolute Gasteiger partial charge is 0.232 e. The summed E-state index contributed by atoms with van der Waals surface area (Å²) in [6.45, 7) is 8.32. The van der Waals surface area contributed by atoms with Crippen LogP contribution in [0.1, 0.15) is 40.0 Å². The Bertz CT molecular complexity index is 1080. The number of aryl methyl sites for hydroxylation is 2. The molecule has 1 fully saturated rings. The molecule has 0 aliphatic carbocycles. The van der Waals surface area contributed by atoms with Gasteiger partial charge < -0.3 is 4.90 Å². The van der Waals surface area contributed by atoms with Gasteiger partial charge in [0.2, 0.25) is 5.91 Å². The molecule has 1 aromatic heterocycles. The van der Waals surface area contributed by atoms with Crippen molar-refractivity contribution in [3.05, 3.63) is 87.1 Å². The van der Waals surface area contributed by atoms with Gasteiger partial charge in [0.25, 0.3) is 0 Å². The maximum atomic E-state index is 13.2. The number of nitrogens with zero attached hydrogens (tertiary/aromatic N) is 2. The highest BCUT2D eigenvalue weighted by Crippen LogP contribution is 2.47. The first-order valence-electron chi connectivity index (χ1n) is 11.2. The number of piperidine rings is 1. The Hall–Kier alpha value is -2.43. The lowest BCUT2D eigenvalue weighted by Gasteiger charge is -2.40. The molecule has 3 nitrogen and oxygen atoms in total. The van der Waals surface area contributed by atoms with Gasteiger partial charge in [-0.3, -0.25) is 9.69 Å². The lowest BCUT2D eigenvalue weighted by atomic mass is 9.74. The van der Waals surface area contributed by atoms with Crippen molar-refractivity contribution < 1.29 is 4.79 Å². The number of thiophene rings is 1. The van der Waals surface area contributed by atoms with Crippen molar-refractivity contribution in [1.29, 1.82) is 0 Å². The van der Waals surface area contributed by atoms with Gasteiger partial charge in [-0.25, -0.2) is 0 Å². The number of fused-ring (bicyclic) bond motifs is 2.